The summed E-state index contributed by atoms with van der Waals surface area (Å²) in [4.78, 5) is 42.1. The van der Waals surface area contributed by atoms with Gasteiger partial charge in [0.1, 0.15) is 36.2 Å². The average Bonchev–Trinajstić information content (AvgIpc) is 3.01. The zero-order valence-corrected chi connectivity index (χ0v) is 26.9. The Bertz CT molecular complexity index is 1970. The van der Waals surface area contributed by atoms with Gasteiger partial charge in [0.2, 0.25) is 5.91 Å². The molecule has 1 fully saturated rings. The molecule has 250 valence electrons. The van der Waals surface area contributed by atoms with Crippen molar-refractivity contribution in [2.24, 2.45) is 0 Å². The molecule has 2 aliphatic rings. The molecule has 6 rings (SSSR count). The first-order valence-electron chi connectivity index (χ1n) is 15.8. The van der Waals surface area contributed by atoms with Crippen molar-refractivity contribution in [3.63, 3.8) is 0 Å². The number of hydrogen-bond donors (Lipinski definition) is 2. The number of alkyl halides is 1. The Balaban J connectivity index is 1.53. The van der Waals surface area contributed by atoms with E-state index in [9.17, 15) is 23.9 Å². The lowest BCUT2D eigenvalue weighted by molar-refractivity contribution is -0.137. The zero-order valence-electron chi connectivity index (χ0n) is 26.9. The molecule has 0 spiro atoms. The molecule has 48 heavy (non-hydrogen) atoms. The first-order chi connectivity index (χ1) is 22.9. The minimum absolute atomic E-state index is 0.00783. The molecule has 3 aromatic carbocycles. The largest absolute Gasteiger partial charge is 0.488 e. The summed E-state index contributed by atoms with van der Waals surface area (Å²) >= 11 is 0. The molecule has 2 aliphatic heterocycles. The second-order valence-electron chi connectivity index (χ2n) is 12.7. The number of pyridine rings is 1. The molecular formula is C37H36F3N3O5. The quantitative estimate of drug-likeness (QED) is 0.275. The number of carboxylic acid groups (broad SMARTS) is 1. The van der Waals surface area contributed by atoms with Crippen molar-refractivity contribution in [2.45, 2.75) is 58.5 Å². The lowest BCUT2D eigenvalue weighted by Gasteiger charge is -2.34. The highest BCUT2D eigenvalue weighted by Gasteiger charge is 2.33. The van der Waals surface area contributed by atoms with Crippen LogP contribution in [0.25, 0.3) is 11.1 Å². The van der Waals surface area contributed by atoms with Gasteiger partial charge in [0.15, 0.2) is 0 Å². The normalized spacial score (nSPS) is 18.2. The number of halogens is 3. The summed E-state index contributed by atoms with van der Waals surface area (Å²) in [5.41, 5.74) is 3.00. The number of nitrogens with one attached hydrogen (secondary N) is 1. The molecule has 2 atom stereocenters. The average molecular weight is 660 g/mol. The minimum Gasteiger partial charge on any atom is -0.488 e. The number of carboxylic acids is 1. The summed E-state index contributed by atoms with van der Waals surface area (Å²) in [6, 6.07) is 11.5. The van der Waals surface area contributed by atoms with Gasteiger partial charge in [-0.2, -0.15) is 0 Å². The van der Waals surface area contributed by atoms with Crippen LogP contribution in [0.15, 0.2) is 65.6 Å². The standard InChI is InChI=1S/C37H36F3N3O5/c1-20-5-4-6-31-33(20)25-12-21(2)34(40)28(14-25)30(15-32(44)45)41-36(46)35(27-13-24(19-48-31)7-8-29(27)39)43-16-23(11-22(3)37(43)47)9-10-42-17-26(38)18-42/h4-8,11-14,16,26,30,35H,9-10,15,17-19H2,1-3H3,(H,41,46)(H,44,45)/t30-,35-/m1/s1. The second kappa shape index (κ2) is 13.3. The topological polar surface area (TPSA) is 101 Å². The summed E-state index contributed by atoms with van der Waals surface area (Å²) in [6.45, 7) is 6.15. The van der Waals surface area contributed by atoms with Crippen molar-refractivity contribution < 1.29 is 32.6 Å². The van der Waals surface area contributed by atoms with E-state index in [1.807, 2.05) is 24.0 Å². The minimum atomic E-state index is -1.59. The zero-order chi connectivity index (χ0) is 34.3. The number of nitrogens with zero attached hydrogens (tertiary/aromatic N) is 2. The number of carbonyl (C=O) groups is 2. The van der Waals surface area contributed by atoms with Gasteiger partial charge in [-0.1, -0.05) is 18.2 Å². The number of ether oxygens (including phenoxy) is 1. The maximum atomic E-state index is 15.9. The lowest BCUT2D eigenvalue weighted by Crippen LogP contribution is -2.49. The third-order valence-electron chi connectivity index (χ3n) is 9.06. The van der Waals surface area contributed by atoms with Crippen LogP contribution in [0.3, 0.4) is 0 Å². The Kier molecular flexibility index (Phi) is 9.15. The molecule has 1 saturated heterocycles. The number of aromatic nitrogens is 1. The highest BCUT2D eigenvalue weighted by atomic mass is 19.1. The molecule has 3 heterocycles. The van der Waals surface area contributed by atoms with Gasteiger partial charge in [0, 0.05) is 48.1 Å². The molecule has 11 heteroatoms. The van der Waals surface area contributed by atoms with Crippen LogP contribution in [0.5, 0.6) is 5.75 Å². The molecule has 1 aromatic heterocycles. The van der Waals surface area contributed by atoms with E-state index in [4.69, 9.17) is 4.74 Å². The summed E-state index contributed by atoms with van der Waals surface area (Å²) < 4.78 is 52.5. The summed E-state index contributed by atoms with van der Waals surface area (Å²) in [6.07, 6.45) is 0.362. The SMILES string of the molecule is Cc1cc2cc(c1F)[C@@H](CC(=O)O)NC(=O)[C@H](n1cc(CCN3CC(F)C3)cc(C)c1=O)c1cc(ccc1F)COc1cccc(C)c1-2. The van der Waals surface area contributed by atoms with E-state index in [1.165, 1.54) is 30.5 Å². The lowest BCUT2D eigenvalue weighted by atomic mass is 9.91. The van der Waals surface area contributed by atoms with E-state index in [0.29, 0.717) is 59.6 Å². The molecule has 4 bridgehead atoms. The Morgan fingerprint density at radius 3 is 2.48 bits per heavy atom. The van der Waals surface area contributed by atoms with Crippen LogP contribution >= 0.6 is 0 Å². The van der Waals surface area contributed by atoms with Crippen molar-refractivity contribution >= 4 is 11.9 Å². The number of amides is 1. The van der Waals surface area contributed by atoms with Crippen molar-refractivity contribution in [3.05, 3.63) is 122 Å². The van der Waals surface area contributed by atoms with Crippen molar-refractivity contribution in [2.75, 3.05) is 19.6 Å². The van der Waals surface area contributed by atoms with Gasteiger partial charge in [0.25, 0.3) is 5.56 Å². The number of likely N-dealkylation sites (tertiary alicyclic amines) is 1. The third-order valence-corrected chi connectivity index (χ3v) is 9.06. The highest BCUT2D eigenvalue weighted by molar-refractivity contribution is 5.85. The smallest absolute Gasteiger partial charge is 0.305 e. The number of aliphatic carboxylic acids is 1. The molecule has 4 aromatic rings. The first-order valence-corrected chi connectivity index (χ1v) is 15.8. The van der Waals surface area contributed by atoms with Gasteiger partial charge in [-0.25, -0.2) is 13.2 Å². The molecule has 0 radical (unpaired) electrons. The van der Waals surface area contributed by atoms with Crippen LogP contribution in [0, 0.1) is 32.4 Å². The van der Waals surface area contributed by atoms with Crippen LogP contribution in [-0.2, 0) is 22.6 Å². The molecule has 2 N–H and O–H groups in total. The van der Waals surface area contributed by atoms with E-state index in [0.717, 1.165) is 10.1 Å². The Labute approximate surface area is 275 Å². The predicted molar refractivity (Wildman–Crippen MR) is 174 cm³/mol. The van der Waals surface area contributed by atoms with Gasteiger partial charge in [-0.15, -0.1) is 0 Å². The maximum absolute atomic E-state index is 15.9. The van der Waals surface area contributed by atoms with E-state index in [1.54, 1.807) is 32.0 Å². The monoisotopic (exact) mass is 659 g/mol. The van der Waals surface area contributed by atoms with Gasteiger partial charge >= 0.3 is 5.97 Å². The summed E-state index contributed by atoms with van der Waals surface area (Å²) in [5, 5.41) is 12.6. The number of rotatable bonds is 6. The Morgan fingerprint density at radius 2 is 1.75 bits per heavy atom. The van der Waals surface area contributed by atoms with Crippen molar-refractivity contribution in [1.29, 1.82) is 0 Å². The fourth-order valence-electron chi connectivity index (χ4n) is 6.58. The predicted octanol–water partition coefficient (Wildman–Crippen LogP) is 5.73. The van der Waals surface area contributed by atoms with Gasteiger partial charge in [0.05, 0.1) is 12.5 Å². The third kappa shape index (κ3) is 6.60. The van der Waals surface area contributed by atoms with Crippen molar-refractivity contribution in [1.82, 2.24) is 14.8 Å². The number of fused-ring (bicyclic) bond motifs is 6. The number of aryl methyl sites for hydroxylation is 3. The fourth-order valence-corrected chi connectivity index (χ4v) is 6.58. The Hall–Kier alpha value is -4.90. The fraction of sp³-hybridized carbons (Fsp3) is 0.324. The molecular weight excluding hydrogens is 623 g/mol. The molecule has 8 nitrogen and oxygen atoms in total. The summed E-state index contributed by atoms with van der Waals surface area (Å²) in [7, 11) is 0. The molecule has 1 amide bonds. The van der Waals surface area contributed by atoms with Crippen LogP contribution in [0.4, 0.5) is 13.2 Å². The number of benzene rings is 3. The molecule has 0 aliphatic carbocycles. The van der Waals surface area contributed by atoms with E-state index in [-0.39, 0.29) is 23.3 Å². The highest BCUT2D eigenvalue weighted by Crippen LogP contribution is 2.38. The van der Waals surface area contributed by atoms with Crippen LogP contribution in [-0.4, -0.2) is 52.3 Å². The first kappa shape index (κ1) is 33.0. The van der Waals surface area contributed by atoms with E-state index >= 15 is 8.78 Å². The molecule has 0 unspecified atom stereocenters. The van der Waals surface area contributed by atoms with E-state index < -0.39 is 53.7 Å². The summed E-state index contributed by atoms with van der Waals surface area (Å²) in [5.74, 6) is -3.19. The molecule has 0 saturated carbocycles. The van der Waals surface area contributed by atoms with E-state index in [2.05, 4.69) is 5.32 Å². The van der Waals surface area contributed by atoms with Crippen LogP contribution < -0.4 is 15.6 Å². The number of hydrogen-bond acceptors (Lipinski definition) is 5. The van der Waals surface area contributed by atoms with Gasteiger partial charge in [-0.05, 0) is 91.4 Å². The Morgan fingerprint density at radius 1 is 0.979 bits per heavy atom. The number of carbonyl (C=O) groups excluding carboxylic acids is 1. The second-order valence-corrected chi connectivity index (χ2v) is 12.7. The maximum Gasteiger partial charge on any atom is 0.305 e. The van der Waals surface area contributed by atoms with Crippen LogP contribution in [0.2, 0.25) is 0 Å². The van der Waals surface area contributed by atoms with Gasteiger partial charge < -0.3 is 15.2 Å². The van der Waals surface area contributed by atoms with Crippen LogP contribution in [0.1, 0.15) is 57.4 Å². The van der Waals surface area contributed by atoms with Crippen molar-refractivity contribution in [3.8, 4) is 16.9 Å². The van der Waals surface area contributed by atoms with Gasteiger partial charge in [-0.3, -0.25) is 23.9 Å².